The number of likely N-dealkylation sites (N-methyl/N-ethyl adjacent to an activating group) is 1. The molecule has 0 aliphatic rings. The first-order chi connectivity index (χ1) is 8.73. The fraction of sp³-hybridized carbons (Fsp3) is 0.667. The first-order valence-electron chi connectivity index (χ1n) is 6.54. The molecule has 0 atom stereocenters. The lowest BCUT2D eigenvalue weighted by molar-refractivity contribution is 0.316. The van der Waals surface area contributed by atoms with Crippen LogP contribution in [0.4, 0.5) is 11.6 Å². The molecule has 0 aliphatic heterocycles. The highest BCUT2D eigenvalue weighted by Gasteiger charge is 2.03. The Labute approximate surface area is 109 Å². The molecule has 0 amide bonds. The van der Waals surface area contributed by atoms with E-state index in [0.717, 1.165) is 44.2 Å². The zero-order valence-electron chi connectivity index (χ0n) is 11.5. The summed E-state index contributed by atoms with van der Waals surface area (Å²) < 4.78 is 0. The minimum Gasteiger partial charge on any atom is -0.369 e. The minimum absolute atomic E-state index is 0.646. The maximum absolute atomic E-state index is 5.39. The molecule has 1 aromatic rings. The third-order valence-corrected chi connectivity index (χ3v) is 2.87. The Morgan fingerprint density at radius 1 is 1.17 bits per heavy atom. The van der Waals surface area contributed by atoms with Gasteiger partial charge in [-0.05, 0) is 13.1 Å². The van der Waals surface area contributed by atoms with Gasteiger partial charge in [0, 0.05) is 25.6 Å². The Hall–Kier alpha value is -1.40. The molecule has 0 saturated heterocycles. The summed E-state index contributed by atoms with van der Waals surface area (Å²) in [6.45, 7) is 10.4. The standard InChI is InChI=1S/C12H24N6/c1-4-10-15-11(9-12(16-10)17-13)14-7-8-18(5-2)6-3/h9H,4-8,13H2,1-3H3,(H2,14,15,16,17). The Morgan fingerprint density at radius 3 is 2.39 bits per heavy atom. The number of nitrogens with one attached hydrogen (secondary N) is 2. The lowest BCUT2D eigenvalue weighted by atomic mass is 10.4. The van der Waals surface area contributed by atoms with Gasteiger partial charge in [0.15, 0.2) is 0 Å². The molecule has 1 heterocycles. The van der Waals surface area contributed by atoms with Gasteiger partial charge in [-0.25, -0.2) is 15.8 Å². The topological polar surface area (TPSA) is 79.1 Å². The van der Waals surface area contributed by atoms with E-state index in [-0.39, 0.29) is 0 Å². The van der Waals surface area contributed by atoms with Crippen molar-refractivity contribution in [3.05, 3.63) is 11.9 Å². The van der Waals surface area contributed by atoms with Crippen molar-refractivity contribution >= 4 is 11.6 Å². The third-order valence-electron chi connectivity index (χ3n) is 2.87. The summed E-state index contributed by atoms with van der Waals surface area (Å²) in [7, 11) is 0. The molecule has 0 unspecified atom stereocenters. The van der Waals surface area contributed by atoms with E-state index in [1.807, 2.05) is 13.0 Å². The fourth-order valence-electron chi connectivity index (χ4n) is 1.70. The molecule has 18 heavy (non-hydrogen) atoms. The molecule has 0 aliphatic carbocycles. The number of nitrogens with two attached hydrogens (primary N) is 1. The lowest BCUT2D eigenvalue weighted by Gasteiger charge is -2.18. The van der Waals surface area contributed by atoms with Crippen LogP contribution in [0.15, 0.2) is 6.07 Å². The van der Waals surface area contributed by atoms with Crippen LogP contribution in [0.3, 0.4) is 0 Å². The molecule has 6 heteroatoms. The van der Waals surface area contributed by atoms with E-state index >= 15 is 0 Å². The number of nitrogens with zero attached hydrogens (tertiary/aromatic N) is 3. The zero-order valence-corrected chi connectivity index (χ0v) is 11.5. The largest absolute Gasteiger partial charge is 0.369 e. The number of hydrogen-bond donors (Lipinski definition) is 3. The summed E-state index contributed by atoms with van der Waals surface area (Å²) in [5, 5.41) is 3.30. The van der Waals surface area contributed by atoms with E-state index in [4.69, 9.17) is 5.84 Å². The zero-order chi connectivity index (χ0) is 13.4. The maximum Gasteiger partial charge on any atom is 0.145 e. The summed E-state index contributed by atoms with van der Waals surface area (Å²) in [6.07, 6.45) is 0.792. The molecular weight excluding hydrogens is 228 g/mol. The first-order valence-corrected chi connectivity index (χ1v) is 6.54. The molecule has 1 rings (SSSR count). The normalized spacial score (nSPS) is 10.7. The Balaban J connectivity index is 2.55. The van der Waals surface area contributed by atoms with Crippen LogP contribution in [0.5, 0.6) is 0 Å². The quantitative estimate of drug-likeness (QED) is 0.474. The van der Waals surface area contributed by atoms with Gasteiger partial charge in [0.1, 0.15) is 17.5 Å². The molecule has 0 spiro atoms. The molecule has 1 aromatic heterocycles. The van der Waals surface area contributed by atoms with Gasteiger partial charge in [-0.2, -0.15) is 0 Å². The molecule has 0 aromatic carbocycles. The predicted octanol–water partition coefficient (Wildman–Crippen LogP) is 1.08. The number of aromatic nitrogens is 2. The van der Waals surface area contributed by atoms with Gasteiger partial charge in [0.2, 0.25) is 0 Å². The molecule has 102 valence electrons. The minimum atomic E-state index is 0.646. The highest BCUT2D eigenvalue weighted by Crippen LogP contribution is 2.10. The van der Waals surface area contributed by atoms with Crippen LogP contribution in [-0.4, -0.2) is 41.0 Å². The number of hydrazine groups is 1. The van der Waals surface area contributed by atoms with E-state index in [2.05, 4.69) is 39.5 Å². The van der Waals surface area contributed by atoms with Crippen molar-refractivity contribution in [1.82, 2.24) is 14.9 Å². The van der Waals surface area contributed by atoms with E-state index in [0.29, 0.717) is 5.82 Å². The SMILES string of the molecule is CCc1nc(NN)cc(NCCN(CC)CC)n1. The van der Waals surface area contributed by atoms with Crippen LogP contribution in [0.25, 0.3) is 0 Å². The van der Waals surface area contributed by atoms with Crippen molar-refractivity contribution in [2.75, 3.05) is 36.9 Å². The van der Waals surface area contributed by atoms with Crippen LogP contribution < -0.4 is 16.6 Å². The van der Waals surface area contributed by atoms with Gasteiger partial charge in [0.25, 0.3) is 0 Å². The van der Waals surface area contributed by atoms with Crippen LogP contribution >= 0.6 is 0 Å². The predicted molar refractivity (Wildman–Crippen MR) is 75.5 cm³/mol. The van der Waals surface area contributed by atoms with E-state index < -0.39 is 0 Å². The van der Waals surface area contributed by atoms with Crippen molar-refractivity contribution < 1.29 is 0 Å². The molecule has 0 saturated carbocycles. The molecule has 0 radical (unpaired) electrons. The Morgan fingerprint density at radius 2 is 1.83 bits per heavy atom. The number of rotatable bonds is 8. The van der Waals surface area contributed by atoms with Crippen LogP contribution in [0.2, 0.25) is 0 Å². The molecule has 6 nitrogen and oxygen atoms in total. The Bertz CT molecular complexity index is 328. The maximum atomic E-state index is 5.39. The summed E-state index contributed by atoms with van der Waals surface area (Å²) in [5.74, 6) is 7.64. The van der Waals surface area contributed by atoms with Crippen molar-refractivity contribution in [3.63, 3.8) is 0 Å². The smallest absolute Gasteiger partial charge is 0.145 e. The van der Waals surface area contributed by atoms with E-state index in [1.165, 1.54) is 0 Å². The average molecular weight is 252 g/mol. The van der Waals surface area contributed by atoms with Gasteiger partial charge in [0.05, 0.1) is 0 Å². The van der Waals surface area contributed by atoms with Gasteiger partial charge in [-0.3, -0.25) is 0 Å². The third kappa shape index (κ3) is 4.46. The Kier molecular flexibility index (Phi) is 6.38. The highest BCUT2D eigenvalue weighted by molar-refractivity contribution is 5.46. The van der Waals surface area contributed by atoms with Gasteiger partial charge in [-0.1, -0.05) is 20.8 Å². The second kappa shape index (κ2) is 7.84. The highest BCUT2D eigenvalue weighted by atomic mass is 15.3. The summed E-state index contributed by atoms with van der Waals surface area (Å²) >= 11 is 0. The van der Waals surface area contributed by atoms with E-state index in [1.54, 1.807) is 0 Å². The second-order valence-electron chi connectivity index (χ2n) is 4.01. The molecule has 4 N–H and O–H groups in total. The summed E-state index contributed by atoms with van der Waals surface area (Å²) in [4.78, 5) is 11.0. The summed E-state index contributed by atoms with van der Waals surface area (Å²) in [5.41, 5.74) is 2.56. The van der Waals surface area contributed by atoms with Crippen molar-refractivity contribution in [3.8, 4) is 0 Å². The fourth-order valence-corrected chi connectivity index (χ4v) is 1.70. The van der Waals surface area contributed by atoms with Crippen molar-refractivity contribution in [1.29, 1.82) is 0 Å². The van der Waals surface area contributed by atoms with Crippen molar-refractivity contribution in [2.24, 2.45) is 5.84 Å². The van der Waals surface area contributed by atoms with E-state index in [9.17, 15) is 0 Å². The first kappa shape index (κ1) is 14.7. The molecular formula is C12H24N6. The number of anilines is 2. The van der Waals surface area contributed by atoms with Crippen LogP contribution in [0, 0.1) is 0 Å². The number of hydrogen-bond acceptors (Lipinski definition) is 6. The molecule has 0 fully saturated rings. The summed E-state index contributed by atoms with van der Waals surface area (Å²) in [6, 6.07) is 1.82. The van der Waals surface area contributed by atoms with Crippen molar-refractivity contribution in [2.45, 2.75) is 27.2 Å². The number of nitrogen functional groups attached to an aromatic ring is 1. The van der Waals surface area contributed by atoms with Crippen LogP contribution in [-0.2, 0) is 6.42 Å². The second-order valence-corrected chi connectivity index (χ2v) is 4.01. The average Bonchev–Trinajstić information content (AvgIpc) is 2.43. The van der Waals surface area contributed by atoms with Gasteiger partial charge in [-0.15, -0.1) is 0 Å². The number of aryl methyl sites for hydroxylation is 1. The van der Waals surface area contributed by atoms with Crippen LogP contribution in [0.1, 0.15) is 26.6 Å². The van der Waals surface area contributed by atoms with Gasteiger partial charge >= 0.3 is 0 Å². The lowest BCUT2D eigenvalue weighted by Crippen LogP contribution is -2.28. The van der Waals surface area contributed by atoms with Gasteiger partial charge < -0.3 is 15.6 Å². The monoisotopic (exact) mass is 252 g/mol. The molecule has 0 bridgehead atoms.